The number of halogens is 1. The van der Waals surface area contributed by atoms with Gasteiger partial charge in [0.05, 0.1) is 6.61 Å². The predicted molar refractivity (Wildman–Crippen MR) is 37.8 cm³/mol. The van der Waals surface area contributed by atoms with Crippen LogP contribution in [0.4, 0.5) is 0 Å². The molecule has 1 N–H and O–H groups in total. The number of hydrogen-bond donors (Lipinski definition) is 1. The first-order valence-corrected chi connectivity index (χ1v) is 2.50. The SMILES string of the molecule is COCCNC(C)=O.Cl. The summed E-state index contributed by atoms with van der Waals surface area (Å²) in [6, 6.07) is 0. The Balaban J connectivity index is 0. The second kappa shape index (κ2) is 7.72. The number of nitrogens with one attached hydrogen (secondary N) is 1. The fraction of sp³-hybridized carbons (Fsp3) is 0.800. The standard InChI is InChI=1S/C5H11NO2.ClH/c1-5(7)6-3-4-8-2;/h3-4H2,1-2H3,(H,6,7);1H. The Hall–Kier alpha value is -0.280. The van der Waals surface area contributed by atoms with E-state index in [0.717, 1.165) is 0 Å². The Bertz CT molecular complexity index is 77.4. The molecule has 0 bridgehead atoms. The molecule has 3 nitrogen and oxygen atoms in total. The van der Waals surface area contributed by atoms with Crippen LogP contribution in [0.15, 0.2) is 0 Å². The van der Waals surface area contributed by atoms with E-state index in [0.29, 0.717) is 13.2 Å². The Morgan fingerprint density at radius 3 is 2.56 bits per heavy atom. The maximum atomic E-state index is 10.2. The van der Waals surface area contributed by atoms with E-state index in [9.17, 15) is 4.79 Å². The molecule has 0 rings (SSSR count). The lowest BCUT2D eigenvalue weighted by Crippen LogP contribution is -2.23. The van der Waals surface area contributed by atoms with E-state index in [2.05, 4.69) is 10.1 Å². The summed E-state index contributed by atoms with van der Waals surface area (Å²) in [5, 5.41) is 2.58. The minimum atomic E-state index is -0.0120. The van der Waals surface area contributed by atoms with Gasteiger partial charge in [-0.15, -0.1) is 12.4 Å². The van der Waals surface area contributed by atoms with Crippen molar-refractivity contribution in [3.63, 3.8) is 0 Å². The molecule has 0 fully saturated rings. The maximum Gasteiger partial charge on any atom is 0.216 e. The van der Waals surface area contributed by atoms with Gasteiger partial charge in [-0.1, -0.05) is 0 Å². The van der Waals surface area contributed by atoms with Gasteiger partial charge in [0, 0.05) is 20.6 Å². The Morgan fingerprint density at radius 1 is 1.67 bits per heavy atom. The highest BCUT2D eigenvalue weighted by Gasteiger charge is 1.85. The van der Waals surface area contributed by atoms with E-state index in [1.165, 1.54) is 6.92 Å². The van der Waals surface area contributed by atoms with E-state index in [1.807, 2.05) is 0 Å². The first kappa shape index (κ1) is 11.5. The average Bonchev–Trinajstić information content (AvgIpc) is 1.66. The van der Waals surface area contributed by atoms with Gasteiger partial charge < -0.3 is 10.1 Å². The van der Waals surface area contributed by atoms with Crippen molar-refractivity contribution in [2.45, 2.75) is 6.92 Å². The van der Waals surface area contributed by atoms with Crippen LogP contribution in [0.1, 0.15) is 6.92 Å². The van der Waals surface area contributed by atoms with Crippen LogP contribution in [0.2, 0.25) is 0 Å². The molecule has 0 saturated carbocycles. The first-order chi connectivity index (χ1) is 3.77. The fourth-order valence-corrected chi connectivity index (χ4v) is 0.329. The molecule has 0 spiro atoms. The third-order valence-corrected chi connectivity index (χ3v) is 0.680. The monoisotopic (exact) mass is 153 g/mol. The van der Waals surface area contributed by atoms with Crippen LogP contribution in [-0.2, 0) is 9.53 Å². The molecule has 0 unspecified atom stereocenters. The maximum absolute atomic E-state index is 10.2. The molecule has 1 amide bonds. The van der Waals surface area contributed by atoms with Gasteiger partial charge in [0.15, 0.2) is 0 Å². The van der Waals surface area contributed by atoms with Gasteiger partial charge in [0.2, 0.25) is 5.91 Å². The van der Waals surface area contributed by atoms with Crippen molar-refractivity contribution in [3.05, 3.63) is 0 Å². The zero-order valence-electron chi connectivity index (χ0n) is 5.64. The fourth-order valence-electron chi connectivity index (χ4n) is 0.329. The van der Waals surface area contributed by atoms with E-state index in [-0.39, 0.29) is 18.3 Å². The molecule has 9 heavy (non-hydrogen) atoms. The highest BCUT2D eigenvalue weighted by Crippen LogP contribution is 1.63. The van der Waals surface area contributed by atoms with E-state index in [1.54, 1.807) is 7.11 Å². The van der Waals surface area contributed by atoms with Crippen molar-refractivity contribution in [3.8, 4) is 0 Å². The number of ether oxygens (including phenoxy) is 1. The second-order valence-corrected chi connectivity index (χ2v) is 1.48. The van der Waals surface area contributed by atoms with Crippen molar-refractivity contribution >= 4 is 18.3 Å². The van der Waals surface area contributed by atoms with Crippen molar-refractivity contribution in [1.29, 1.82) is 0 Å². The predicted octanol–water partition coefficient (Wildman–Crippen LogP) is 0.191. The van der Waals surface area contributed by atoms with Crippen LogP contribution in [0.25, 0.3) is 0 Å². The topological polar surface area (TPSA) is 38.3 Å². The molecule has 0 aliphatic rings. The van der Waals surface area contributed by atoms with Crippen LogP contribution in [0, 0.1) is 0 Å². The summed E-state index contributed by atoms with van der Waals surface area (Å²) in [5.74, 6) is -0.0120. The van der Waals surface area contributed by atoms with Crippen LogP contribution in [0.5, 0.6) is 0 Å². The zero-order valence-corrected chi connectivity index (χ0v) is 6.46. The smallest absolute Gasteiger partial charge is 0.216 e. The van der Waals surface area contributed by atoms with Gasteiger partial charge in [-0.05, 0) is 0 Å². The number of methoxy groups -OCH3 is 1. The third-order valence-electron chi connectivity index (χ3n) is 0.680. The molecule has 0 aromatic heterocycles. The van der Waals surface area contributed by atoms with Crippen LogP contribution < -0.4 is 5.32 Å². The summed E-state index contributed by atoms with van der Waals surface area (Å²) in [5.41, 5.74) is 0. The zero-order chi connectivity index (χ0) is 6.41. The Labute approximate surface area is 61.2 Å². The summed E-state index contributed by atoms with van der Waals surface area (Å²) in [6.45, 7) is 2.67. The molecule has 0 aliphatic carbocycles. The summed E-state index contributed by atoms with van der Waals surface area (Å²) in [6.07, 6.45) is 0. The van der Waals surface area contributed by atoms with Gasteiger partial charge in [-0.2, -0.15) is 0 Å². The Morgan fingerprint density at radius 2 is 2.22 bits per heavy atom. The molecule has 0 heterocycles. The van der Waals surface area contributed by atoms with E-state index < -0.39 is 0 Å². The largest absolute Gasteiger partial charge is 0.383 e. The summed E-state index contributed by atoms with van der Waals surface area (Å²) >= 11 is 0. The van der Waals surface area contributed by atoms with Crippen molar-refractivity contribution in [2.24, 2.45) is 0 Å². The molecule has 4 heteroatoms. The minimum Gasteiger partial charge on any atom is -0.383 e. The molecule has 0 aromatic rings. The first-order valence-electron chi connectivity index (χ1n) is 2.50. The van der Waals surface area contributed by atoms with Gasteiger partial charge in [-0.25, -0.2) is 0 Å². The molecule has 0 saturated heterocycles. The summed E-state index contributed by atoms with van der Waals surface area (Å²) in [7, 11) is 1.60. The van der Waals surface area contributed by atoms with Crippen molar-refractivity contribution in [2.75, 3.05) is 20.3 Å². The van der Waals surface area contributed by atoms with Gasteiger partial charge >= 0.3 is 0 Å². The lowest BCUT2D eigenvalue weighted by atomic mass is 10.6. The molecule has 0 atom stereocenters. The minimum absolute atomic E-state index is 0. The van der Waals surface area contributed by atoms with Gasteiger partial charge in [-0.3, -0.25) is 4.79 Å². The molecular weight excluding hydrogens is 142 g/mol. The molecule has 0 aromatic carbocycles. The second-order valence-electron chi connectivity index (χ2n) is 1.48. The van der Waals surface area contributed by atoms with Crippen LogP contribution >= 0.6 is 12.4 Å². The Kier molecular flexibility index (Phi) is 9.87. The van der Waals surface area contributed by atoms with E-state index >= 15 is 0 Å². The lowest BCUT2D eigenvalue weighted by Gasteiger charge is -1.97. The van der Waals surface area contributed by atoms with Crippen molar-refractivity contribution < 1.29 is 9.53 Å². The molecule has 56 valence electrons. The van der Waals surface area contributed by atoms with Crippen LogP contribution in [-0.4, -0.2) is 26.2 Å². The third kappa shape index (κ3) is 11.3. The highest BCUT2D eigenvalue weighted by molar-refractivity contribution is 5.85. The number of carbonyl (C=O) groups excluding carboxylic acids is 1. The summed E-state index contributed by atoms with van der Waals surface area (Å²) < 4.78 is 4.68. The lowest BCUT2D eigenvalue weighted by molar-refractivity contribution is -0.119. The molecule has 0 aliphatic heterocycles. The quantitative estimate of drug-likeness (QED) is 0.588. The number of carbonyl (C=O) groups is 1. The van der Waals surface area contributed by atoms with Gasteiger partial charge in [0.1, 0.15) is 0 Å². The van der Waals surface area contributed by atoms with Crippen molar-refractivity contribution in [1.82, 2.24) is 5.32 Å². The molecular formula is C5H12ClNO2. The number of rotatable bonds is 3. The highest BCUT2D eigenvalue weighted by atomic mass is 35.5. The van der Waals surface area contributed by atoms with E-state index in [4.69, 9.17) is 0 Å². The average molecular weight is 154 g/mol. The summed E-state index contributed by atoms with van der Waals surface area (Å²) in [4.78, 5) is 10.2. The normalized spacial score (nSPS) is 7.78. The van der Waals surface area contributed by atoms with Crippen LogP contribution in [0.3, 0.4) is 0 Å². The number of hydrogen-bond acceptors (Lipinski definition) is 2. The molecule has 0 radical (unpaired) electrons. The van der Waals surface area contributed by atoms with Gasteiger partial charge in [0.25, 0.3) is 0 Å². The number of amides is 1.